The van der Waals surface area contributed by atoms with E-state index in [-0.39, 0.29) is 18.4 Å². The summed E-state index contributed by atoms with van der Waals surface area (Å²) in [5.41, 5.74) is 2.58. The van der Waals surface area contributed by atoms with Crippen LogP contribution in [0.15, 0.2) is 0 Å². The van der Waals surface area contributed by atoms with Gasteiger partial charge in [0.05, 0.1) is 0 Å². The number of aliphatic carboxylic acids is 1. The molecule has 0 aromatic carbocycles. The van der Waals surface area contributed by atoms with Crippen LogP contribution in [0.3, 0.4) is 0 Å². The molecule has 0 aromatic heterocycles. The molecule has 0 saturated heterocycles. The molecule has 2 N–H and O–H groups in total. The van der Waals surface area contributed by atoms with Gasteiger partial charge in [-0.05, 0) is 31.6 Å². The number of carbonyl (C=O) groups is 2. The third-order valence-electron chi connectivity index (χ3n) is 3.92. The maximum atomic E-state index is 11.6. The Labute approximate surface area is 135 Å². The lowest BCUT2D eigenvalue weighted by Crippen LogP contribution is -2.46. The summed E-state index contributed by atoms with van der Waals surface area (Å²) >= 11 is 0. The largest absolute Gasteiger partial charge is 0.480 e. The zero-order valence-electron chi connectivity index (χ0n) is 13.4. The SMILES string of the molecule is CCCC(=O)NN(CCC1CCCCC1O[N+](=O)[O-])CC(=O)O. The molecule has 0 bridgehead atoms. The molecule has 0 heterocycles. The van der Waals surface area contributed by atoms with E-state index >= 15 is 0 Å². The molecular weight excluding hydrogens is 306 g/mol. The van der Waals surface area contributed by atoms with Gasteiger partial charge in [0.1, 0.15) is 12.6 Å². The fourth-order valence-electron chi connectivity index (χ4n) is 2.87. The molecular formula is C14H25N3O6. The minimum Gasteiger partial charge on any atom is -0.480 e. The number of hydrogen-bond acceptors (Lipinski definition) is 6. The second kappa shape index (κ2) is 9.98. The third kappa shape index (κ3) is 7.78. The maximum absolute atomic E-state index is 11.6. The van der Waals surface area contributed by atoms with Gasteiger partial charge in [-0.1, -0.05) is 19.8 Å². The van der Waals surface area contributed by atoms with Crippen molar-refractivity contribution in [2.24, 2.45) is 5.92 Å². The Hall–Kier alpha value is -1.90. The highest BCUT2D eigenvalue weighted by atomic mass is 17.0. The van der Waals surface area contributed by atoms with Gasteiger partial charge in [-0.25, -0.2) is 5.01 Å². The quantitative estimate of drug-likeness (QED) is 0.458. The molecule has 2 atom stereocenters. The Balaban J connectivity index is 2.54. The highest BCUT2D eigenvalue weighted by Crippen LogP contribution is 2.29. The lowest BCUT2D eigenvalue weighted by molar-refractivity contribution is -0.771. The molecule has 23 heavy (non-hydrogen) atoms. The van der Waals surface area contributed by atoms with Gasteiger partial charge in [-0.15, -0.1) is 10.1 Å². The Morgan fingerprint density at radius 1 is 1.39 bits per heavy atom. The van der Waals surface area contributed by atoms with E-state index in [0.29, 0.717) is 32.2 Å². The van der Waals surface area contributed by atoms with Crippen molar-refractivity contribution in [3.63, 3.8) is 0 Å². The van der Waals surface area contributed by atoms with Crippen LogP contribution in [-0.2, 0) is 14.4 Å². The van der Waals surface area contributed by atoms with Gasteiger partial charge >= 0.3 is 5.97 Å². The van der Waals surface area contributed by atoms with Gasteiger partial charge in [0.2, 0.25) is 5.91 Å². The zero-order valence-corrected chi connectivity index (χ0v) is 13.4. The third-order valence-corrected chi connectivity index (χ3v) is 3.92. The summed E-state index contributed by atoms with van der Waals surface area (Å²) in [5.74, 6) is -1.27. The van der Waals surface area contributed by atoms with Crippen molar-refractivity contribution < 1.29 is 24.6 Å². The summed E-state index contributed by atoms with van der Waals surface area (Å²) in [6.45, 7) is 1.88. The number of carboxylic acids is 1. The van der Waals surface area contributed by atoms with Crippen molar-refractivity contribution in [2.75, 3.05) is 13.1 Å². The van der Waals surface area contributed by atoms with Crippen LogP contribution >= 0.6 is 0 Å². The summed E-state index contributed by atoms with van der Waals surface area (Å²) in [7, 11) is 0. The number of rotatable bonds is 10. The summed E-state index contributed by atoms with van der Waals surface area (Å²) < 4.78 is 0. The maximum Gasteiger partial charge on any atom is 0.319 e. The van der Waals surface area contributed by atoms with Gasteiger partial charge in [0.25, 0.3) is 5.09 Å². The first-order valence-corrected chi connectivity index (χ1v) is 7.99. The minimum absolute atomic E-state index is 0.00600. The lowest BCUT2D eigenvalue weighted by Gasteiger charge is -2.31. The van der Waals surface area contributed by atoms with Crippen molar-refractivity contribution in [3.8, 4) is 0 Å². The molecule has 9 nitrogen and oxygen atoms in total. The van der Waals surface area contributed by atoms with E-state index in [1.807, 2.05) is 6.92 Å². The van der Waals surface area contributed by atoms with Crippen LogP contribution in [0.5, 0.6) is 0 Å². The second-order valence-corrected chi connectivity index (χ2v) is 5.80. The van der Waals surface area contributed by atoms with Gasteiger partial charge < -0.3 is 9.94 Å². The van der Waals surface area contributed by atoms with Crippen molar-refractivity contribution in [1.29, 1.82) is 0 Å². The van der Waals surface area contributed by atoms with Gasteiger partial charge in [-0.3, -0.25) is 15.0 Å². The van der Waals surface area contributed by atoms with E-state index < -0.39 is 17.2 Å². The monoisotopic (exact) mass is 331 g/mol. The summed E-state index contributed by atoms with van der Waals surface area (Å²) in [5, 5.41) is 20.1. The van der Waals surface area contributed by atoms with Crippen molar-refractivity contribution >= 4 is 11.9 Å². The average molecular weight is 331 g/mol. The second-order valence-electron chi connectivity index (χ2n) is 5.80. The van der Waals surface area contributed by atoms with Crippen LogP contribution in [-0.4, -0.2) is 46.3 Å². The predicted octanol–water partition coefficient (Wildman–Crippen LogP) is 1.36. The number of hydrogen-bond donors (Lipinski definition) is 2. The molecule has 1 amide bonds. The smallest absolute Gasteiger partial charge is 0.319 e. The topological polar surface area (TPSA) is 122 Å². The van der Waals surface area contributed by atoms with Crippen LogP contribution in [0, 0.1) is 16.0 Å². The number of nitrogens with one attached hydrogen (secondary N) is 1. The molecule has 0 aromatic rings. The van der Waals surface area contributed by atoms with E-state index in [1.54, 1.807) is 0 Å². The van der Waals surface area contributed by atoms with Crippen molar-refractivity contribution in [1.82, 2.24) is 10.4 Å². The standard InChI is InChI=1S/C14H25N3O6/c1-2-5-13(18)15-16(10-14(19)20)9-8-11-6-3-4-7-12(11)23-17(21)22/h11-12H,2-10H2,1H3,(H,15,18)(H,19,20). The first-order valence-electron chi connectivity index (χ1n) is 7.99. The summed E-state index contributed by atoms with van der Waals surface area (Å²) in [6.07, 6.45) is 4.40. The van der Waals surface area contributed by atoms with Crippen LogP contribution in [0.2, 0.25) is 0 Å². The van der Waals surface area contributed by atoms with Crippen LogP contribution in [0.1, 0.15) is 51.9 Å². The Morgan fingerprint density at radius 2 is 2.09 bits per heavy atom. The van der Waals surface area contributed by atoms with E-state index in [4.69, 9.17) is 9.94 Å². The molecule has 2 unspecified atom stereocenters. The summed E-state index contributed by atoms with van der Waals surface area (Å²) in [4.78, 5) is 37.8. The van der Waals surface area contributed by atoms with Gasteiger partial charge in [0, 0.05) is 13.0 Å². The van der Waals surface area contributed by atoms with E-state index in [0.717, 1.165) is 19.3 Å². The fraction of sp³-hybridized carbons (Fsp3) is 0.857. The van der Waals surface area contributed by atoms with Crippen LogP contribution in [0.4, 0.5) is 0 Å². The van der Waals surface area contributed by atoms with Gasteiger partial charge in [-0.2, -0.15) is 0 Å². The highest BCUT2D eigenvalue weighted by Gasteiger charge is 2.28. The van der Waals surface area contributed by atoms with Gasteiger partial charge in [0.15, 0.2) is 0 Å². The van der Waals surface area contributed by atoms with Crippen LogP contribution < -0.4 is 5.43 Å². The molecule has 1 saturated carbocycles. The number of carboxylic acid groups (broad SMARTS) is 1. The van der Waals surface area contributed by atoms with Crippen LogP contribution in [0.25, 0.3) is 0 Å². The molecule has 0 spiro atoms. The number of carbonyl (C=O) groups excluding carboxylic acids is 1. The molecule has 1 aliphatic rings. The average Bonchev–Trinajstić information content (AvgIpc) is 2.45. The first-order chi connectivity index (χ1) is 10.9. The van der Waals surface area contributed by atoms with E-state index in [2.05, 4.69) is 5.43 Å². The molecule has 9 heteroatoms. The zero-order chi connectivity index (χ0) is 17.2. The number of nitrogens with zero attached hydrogens (tertiary/aromatic N) is 2. The Morgan fingerprint density at radius 3 is 2.70 bits per heavy atom. The lowest BCUT2D eigenvalue weighted by atomic mass is 9.84. The Bertz CT molecular complexity index is 417. The molecule has 0 aliphatic heterocycles. The first kappa shape index (κ1) is 19.1. The molecule has 132 valence electrons. The minimum atomic E-state index is -1.04. The number of amides is 1. The predicted molar refractivity (Wildman–Crippen MR) is 80.7 cm³/mol. The van der Waals surface area contributed by atoms with E-state index in [9.17, 15) is 19.7 Å². The number of hydrazine groups is 1. The molecule has 1 fully saturated rings. The molecule has 1 rings (SSSR count). The van der Waals surface area contributed by atoms with E-state index in [1.165, 1.54) is 5.01 Å². The fourth-order valence-corrected chi connectivity index (χ4v) is 2.87. The normalized spacial score (nSPS) is 21.0. The van der Waals surface area contributed by atoms with Crippen molar-refractivity contribution in [3.05, 3.63) is 10.1 Å². The highest BCUT2D eigenvalue weighted by molar-refractivity contribution is 5.76. The van der Waals surface area contributed by atoms with Crippen molar-refractivity contribution in [2.45, 2.75) is 58.0 Å². The Kier molecular flexibility index (Phi) is 8.31. The summed E-state index contributed by atoms with van der Waals surface area (Å²) in [6, 6.07) is 0. The molecule has 1 aliphatic carbocycles. The molecule has 0 radical (unpaired) electrons.